The van der Waals surface area contributed by atoms with Crippen molar-refractivity contribution in [3.05, 3.63) is 58.5 Å². The molecule has 0 spiro atoms. The maximum atomic E-state index is 12.6. The molecular formula is C21H20N2O4. The summed E-state index contributed by atoms with van der Waals surface area (Å²) in [5, 5.41) is 6.68. The van der Waals surface area contributed by atoms with Gasteiger partial charge in [0.25, 0.3) is 5.91 Å². The summed E-state index contributed by atoms with van der Waals surface area (Å²) in [6, 6.07) is 9.69. The first kappa shape index (κ1) is 17.3. The lowest BCUT2D eigenvalue weighted by Gasteiger charge is -2.07. The smallest absolute Gasteiger partial charge is 0.294 e. The van der Waals surface area contributed by atoms with Crippen molar-refractivity contribution in [1.29, 1.82) is 0 Å². The summed E-state index contributed by atoms with van der Waals surface area (Å²) in [5.41, 5.74) is 3.93. The van der Waals surface area contributed by atoms with Gasteiger partial charge in [-0.2, -0.15) is 0 Å². The first-order valence-corrected chi connectivity index (χ1v) is 9.09. The average molecular weight is 364 g/mol. The average Bonchev–Trinajstić information content (AvgIpc) is 3.27. The van der Waals surface area contributed by atoms with E-state index in [2.05, 4.69) is 17.4 Å². The monoisotopic (exact) mass is 364 g/mol. The van der Waals surface area contributed by atoms with E-state index in [4.69, 9.17) is 8.94 Å². The minimum absolute atomic E-state index is 0.0361. The van der Waals surface area contributed by atoms with Crippen LogP contribution in [0.25, 0.3) is 11.3 Å². The number of anilines is 1. The summed E-state index contributed by atoms with van der Waals surface area (Å²) in [5.74, 6) is 0.575. The van der Waals surface area contributed by atoms with Crippen LogP contribution in [0.15, 0.2) is 39.3 Å². The van der Waals surface area contributed by atoms with Crippen molar-refractivity contribution in [2.24, 2.45) is 0 Å². The number of rotatable bonds is 4. The lowest BCUT2D eigenvalue weighted by Crippen LogP contribution is -2.12. The fourth-order valence-electron chi connectivity index (χ4n) is 3.42. The van der Waals surface area contributed by atoms with Gasteiger partial charge in [0.15, 0.2) is 11.5 Å². The van der Waals surface area contributed by atoms with Crippen molar-refractivity contribution >= 4 is 17.6 Å². The fourth-order valence-corrected chi connectivity index (χ4v) is 3.42. The summed E-state index contributed by atoms with van der Waals surface area (Å²) in [6.45, 7) is 3.84. The molecule has 3 aromatic rings. The molecule has 1 N–H and O–H groups in total. The molecule has 4 rings (SSSR count). The number of hydrogen-bond acceptors (Lipinski definition) is 5. The van der Waals surface area contributed by atoms with Crippen molar-refractivity contribution < 1.29 is 18.5 Å². The standard InChI is InChI=1S/C21H20N2O4/c1-3-13-7-9-14(10-8-13)15-11-18(27-23-15)22-21(25)20-12(2)19-16(24)5-4-6-17(19)26-20/h7-11H,3-6H2,1-2H3,(H,22,25). The Hall–Kier alpha value is -3.15. The van der Waals surface area contributed by atoms with E-state index < -0.39 is 5.91 Å². The van der Waals surface area contributed by atoms with Crippen LogP contribution >= 0.6 is 0 Å². The van der Waals surface area contributed by atoms with Crippen LogP contribution < -0.4 is 5.32 Å². The maximum absolute atomic E-state index is 12.6. The Balaban J connectivity index is 1.54. The number of hydrogen-bond donors (Lipinski definition) is 1. The molecule has 0 fully saturated rings. The highest BCUT2D eigenvalue weighted by Crippen LogP contribution is 2.30. The number of Topliss-reactive ketones (excluding diaryl/α,β-unsaturated/α-hetero) is 1. The Bertz CT molecular complexity index is 1010. The lowest BCUT2D eigenvalue weighted by molar-refractivity contribution is 0.0962. The van der Waals surface area contributed by atoms with Gasteiger partial charge < -0.3 is 8.94 Å². The molecule has 0 radical (unpaired) electrons. The molecule has 0 atom stereocenters. The Morgan fingerprint density at radius 3 is 2.70 bits per heavy atom. The number of furan rings is 1. The van der Waals surface area contributed by atoms with E-state index in [1.807, 2.05) is 24.3 Å². The molecular weight excluding hydrogens is 344 g/mol. The maximum Gasteiger partial charge on any atom is 0.294 e. The molecule has 6 nitrogen and oxygen atoms in total. The number of nitrogens with zero attached hydrogens (tertiary/aromatic N) is 1. The third-order valence-electron chi connectivity index (χ3n) is 4.92. The zero-order valence-corrected chi connectivity index (χ0v) is 15.3. The molecule has 2 heterocycles. The second-order valence-electron chi connectivity index (χ2n) is 6.71. The van der Waals surface area contributed by atoms with Gasteiger partial charge in [-0.05, 0) is 25.3 Å². The quantitative estimate of drug-likeness (QED) is 0.732. The molecule has 0 aliphatic heterocycles. The molecule has 6 heteroatoms. The molecule has 1 aliphatic carbocycles. The number of nitrogens with one attached hydrogen (secondary N) is 1. The van der Waals surface area contributed by atoms with Gasteiger partial charge in [0.1, 0.15) is 11.5 Å². The number of aromatic nitrogens is 1. The van der Waals surface area contributed by atoms with E-state index in [0.29, 0.717) is 35.4 Å². The molecule has 0 saturated carbocycles. The first-order valence-electron chi connectivity index (χ1n) is 9.09. The Kier molecular flexibility index (Phi) is 4.39. The van der Waals surface area contributed by atoms with Crippen molar-refractivity contribution in [2.45, 2.75) is 39.5 Å². The van der Waals surface area contributed by atoms with Crippen molar-refractivity contribution in [3.63, 3.8) is 0 Å². The zero-order chi connectivity index (χ0) is 19.0. The molecule has 1 aromatic carbocycles. The summed E-state index contributed by atoms with van der Waals surface area (Å²) in [7, 11) is 0. The van der Waals surface area contributed by atoms with Crippen LogP contribution in [0.3, 0.4) is 0 Å². The van der Waals surface area contributed by atoms with Gasteiger partial charge in [-0.3, -0.25) is 14.9 Å². The van der Waals surface area contributed by atoms with Gasteiger partial charge in [-0.25, -0.2) is 0 Å². The van der Waals surface area contributed by atoms with Crippen LogP contribution in [0, 0.1) is 6.92 Å². The molecule has 27 heavy (non-hydrogen) atoms. The SMILES string of the molecule is CCc1ccc(-c2cc(NC(=O)c3oc4c(c3C)C(=O)CCC4)on2)cc1. The number of benzene rings is 1. The van der Waals surface area contributed by atoms with Gasteiger partial charge in [-0.1, -0.05) is 36.3 Å². The zero-order valence-electron chi connectivity index (χ0n) is 15.3. The topological polar surface area (TPSA) is 85.3 Å². The molecule has 2 aromatic heterocycles. The van der Waals surface area contributed by atoms with Gasteiger partial charge in [-0.15, -0.1) is 0 Å². The van der Waals surface area contributed by atoms with E-state index >= 15 is 0 Å². The predicted octanol–water partition coefficient (Wildman–Crippen LogP) is 4.58. The van der Waals surface area contributed by atoms with Crippen LogP contribution in [0.4, 0.5) is 5.88 Å². The highest BCUT2D eigenvalue weighted by atomic mass is 16.5. The van der Waals surface area contributed by atoms with Crippen LogP contribution in [0.1, 0.15) is 57.6 Å². The predicted molar refractivity (Wildman–Crippen MR) is 100.0 cm³/mol. The normalized spacial score (nSPS) is 13.5. The molecule has 0 unspecified atom stereocenters. The van der Waals surface area contributed by atoms with E-state index in [1.165, 1.54) is 5.56 Å². The minimum atomic E-state index is -0.446. The third-order valence-corrected chi connectivity index (χ3v) is 4.92. The summed E-state index contributed by atoms with van der Waals surface area (Å²) in [6.07, 6.45) is 2.89. The highest BCUT2D eigenvalue weighted by Gasteiger charge is 2.29. The van der Waals surface area contributed by atoms with Gasteiger partial charge in [0.05, 0.1) is 5.56 Å². The molecule has 138 valence electrons. The molecule has 0 saturated heterocycles. The van der Waals surface area contributed by atoms with Gasteiger partial charge >= 0.3 is 0 Å². The van der Waals surface area contributed by atoms with Crippen molar-refractivity contribution in [1.82, 2.24) is 5.16 Å². The van der Waals surface area contributed by atoms with Crippen LogP contribution in [0.2, 0.25) is 0 Å². The molecule has 0 bridgehead atoms. The number of carbonyl (C=O) groups is 2. The third kappa shape index (κ3) is 3.18. The number of amides is 1. The Labute approximate surface area is 156 Å². The highest BCUT2D eigenvalue weighted by molar-refractivity contribution is 6.07. The second-order valence-corrected chi connectivity index (χ2v) is 6.71. The van der Waals surface area contributed by atoms with Gasteiger partial charge in [0.2, 0.25) is 5.88 Å². The first-order chi connectivity index (χ1) is 13.1. The van der Waals surface area contributed by atoms with Gasteiger partial charge in [0, 0.05) is 30.0 Å². The Morgan fingerprint density at radius 1 is 1.22 bits per heavy atom. The van der Waals surface area contributed by atoms with Crippen molar-refractivity contribution in [2.75, 3.05) is 5.32 Å². The Morgan fingerprint density at radius 2 is 2.00 bits per heavy atom. The van der Waals surface area contributed by atoms with E-state index in [1.54, 1.807) is 13.0 Å². The van der Waals surface area contributed by atoms with Crippen LogP contribution in [-0.2, 0) is 12.8 Å². The van der Waals surface area contributed by atoms with Crippen LogP contribution in [0.5, 0.6) is 0 Å². The molecule has 1 aliphatic rings. The second kappa shape index (κ2) is 6.87. The van der Waals surface area contributed by atoms with E-state index in [9.17, 15) is 9.59 Å². The van der Waals surface area contributed by atoms with Crippen LogP contribution in [-0.4, -0.2) is 16.8 Å². The number of ketones is 1. The lowest BCUT2D eigenvalue weighted by atomic mass is 9.94. The van der Waals surface area contributed by atoms with Crippen molar-refractivity contribution in [3.8, 4) is 11.3 Å². The largest absolute Gasteiger partial charge is 0.455 e. The fraction of sp³-hybridized carbons (Fsp3) is 0.286. The number of carbonyl (C=O) groups excluding carboxylic acids is 2. The summed E-state index contributed by atoms with van der Waals surface area (Å²) in [4.78, 5) is 24.7. The summed E-state index contributed by atoms with van der Waals surface area (Å²) < 4.78 is 10.9. The molecule has 1 amide bonds. The van der Waals surface area contributed by atoms with E-state index in [0.717, 1.165) is 18.4 Å². The minimum Gasteiger partial charge on any atom is -0.455 e. The number of aryl methyl sites for hydroxylation is 2. The van der Waals surface area contributed by atoms with E-state index in [-0.39, 0.29) is 17.4 Å². The number of fused-ring (bicyclic) bond motifs is 1. The summed E-state index contributed by atoms with van der Waals surface area (Å²) >= 11 is 0.